The predicted octanol–water partition coefficient (Wildman–Crippen LogP) is 19.3. The lowest BCUT2D eigenvalue weighted by molar-refractivity contribution is 1.07. The number of allylic oxidation sites excluding steroid dienone is 2. The van der Waals surface area contributed by atoms with Crippen molar-refractivity contribution in [1.82, 2.24) is 9.13 Å². The molecular weight excluding hydrogens is 953 g/mol. The molecule has 0 unspecified atom stereocenters. The van der Waals surface area contributed by atoms with E-state index in [2.05, 4.69) is 301 Å². The van der Waals surface area contributed by atoms with E-state index in [-0.39, 0.29) is 0 Å². The van der Waals surface area contributed by atoms with Gasteiger partial charge in [0.05, 0.1) is 21.9 Å². The molecule has 13 aromatic carbocycles. The van der Waals surface area contributed by atoms with Crippen LogP contribution in [0.5, 0.6) is 0 Å². The molecule has 0 aliphatic carbocycles. The molecule has 0 amide bonds. The molecule has 0 radical (unpaired) electrons. The van der Waals surface area contributed by atoms with Crippen molar-refractivity contribution in [3.8, 4) is 55.9 Å². The van der Waals surface area contributed by atoms with Gasteiger partial charge in [0.15, 0.2) is 0 Å². The van der Waals surface area contributed by atoms with Gasteiger partial charge in [-0.25, -0.2) is 0 Å². The minimum absolute atomic E-state index is 0.993. The van der Waals surface area contributed by atoms with Gasteiger partial charge in [0.2, 0.25) is 0 Å². The van der Waals surface area contributed by atoms with Gasteiger partial charge in [0, 0.05) is 32.8 Å². The molecule has 15 aromatic rings. The lowest BCUT2D eigenvalue weighted by Gasteiger charge is -2.20. The molecule has 2 heterocycles. The number of hydrogen-bond acceptors (Lipinski definition) is 0. The van der Waals surface area contributed by atoms with Crippen LogP contribution in [-0.2, 0) is 0 Å². The summed E-state index contributed by atoms with van der Waals surface area (Å²) in [5.74, 6) is 0. The lowest BCUT2D eigenvalue weighted by atomic mass is 9.83. The standard InChI is InChI=1S/C77H52N2/c1-50(59-32-18-34-62-61(59)33-19-36-65(62)77-68-30-13-11-28-66(68)76(67-29-12-14-31-69(67)77)64-35-17-23-54-22-9-10-26-60(54)64)38-45-72-51(2)70-48-55(41-46-74(70)78(72)57-24-7-4-8-25-57)56-42-47-75-71(49-56)63-27-15-16-37-73(63)79(75)58-43-39-53(40-44-58)52-20-5-3-6-21-52/h3-49H,2H2,1H3/b50-38+,72-45+. The van der Waals surface area contributed by atoms with Gasteiger partial charge in [0.1, 0.15) is 0 Å². The molecular formula is C77H52N2. The fourth-order valence-electron chi connectivity index (χ4n) is 12.8. The molecule has 15 rings (SSSR count). The summed E-state index contributed by atoms with van der Waals surface area (Å²) >= 11 is 0. The molecule has 0 atom stereocenters. The third-order valence-electron chi connectivity index (χ3n) is 16.5. The zero-order valence-corrected chi connectivity index (χ0v) is 43.7. The van der Waals surface area contributed by atoms with E-state index < -0.39 is 0 Å². The van der Waals surface area contributed by atoms with Gasteiger partial charge < -0.3 is 9.13 Å². The molecule has 2 heteroatoms. The normalized spacial score (nSPS) is 12.3. The summed E-state index contributed by atoms with van der Waals surface area (Å²) < 4.78 is 4.76. The van der Waals surface area contributed by atoms with Crippen LogP contribution in [0.15, 0.2) is 279 Å². The zero-order valence-electron chi connectivity index (χ0n) is 43.7. The van der Waals surface area contributed by atoms with E-state index in [1.54, 1.807) is 0 Å². The van der Waals surface area contributed by atoms with Crippen LogP contribution < -0.4 is 10.6 Å². The molecule has 0 bridgehead atoms. The molecule has 79 heavy (non-hydrogen) atoms. The molecule has 2 nitrogen and oxygen atoms in total. The van der Waals surface area contributed by atoms with Gasteiger partial charge in [-0.2, -0.15) is 0 Å². The van der Waals surface area contributed by atoms with E-state index in [0.717, 1.165) is 38.4 Å². The van der Waals surface area contributed by atoms with Crippen LogP contribution in [0, 0.1) is 0 Å². The first-order valence-electron chi connectivity index (χ1n) is 27.3. The summed E-state index contributed by atoms with van der Waals surface area (Å²) in [6, 6.07) is 99.8. The summed E-state index contributed by atoms with van der Waals surface area (Å²) in [5, 5.41) is 15.6. The molecule has 370 valence electrons. The summed E-state index contributed by atoms with van der Waals surface area (Å²) in [4.78, 5) is 0. The fraction of sp³-hybridized carbons (Fsp3) is 0.0130. The summed E-state index contributed by atoms with van der Waals surface area (Å²) in [6.45, 7) is 7.08. The van der Waals surface area contributed by atoms with E-state index in [4.69, 9.17) is 6.58 Å². The number of para-hydroxylation sites is 2. The Bertz CT molecular complexity index is 5010. The van der Waals surface area contributed by atoms with E-state index in [9.17, 15) is 0 Å². The molecule has 0 N–H and O–H groups in total. The number of benzene rings is 13. The quantitative estimate of drug-likeness (QED) is 0.134. The highest BCUT2D eigenvalue weighted by molar-refractivity contribution is 6.25. The van der Waals surface area contributed by atoms with Crippen molar-refractivity contribution in [1.29, 1.82) is 0 Å². The zero-order chi connectivity index (χ0) is 52.6. The van der Waals surface area contributed by atoms with Crippen LogP contribution in [0.1, 0.15) is 12.5 Å². The van der Waals surface area contributed by atoms with Crippen LogP contribution in [0.4, 0.5) is 0 Å². The maximum Gasteiger partial charge on any atom is 0.0541 e. The summed E-state index contributed by atoms with van der Waals surface area (Å²) in [6.07, 6.45) is 4.56. The Morgan fingerprint density at radius 1 is 0.329 bits per heavy atom. The van der Waals surface area contributed by atoms with Crippen molar-refractivity contribution < 1.29 is 0 Å². The van der Waals surface area contributed by atoms with E-state index >= 15 is 0 Å². The minimum Gasteiger partial charge on any atom is -0.309 e. The van der Waals surface area contributed by atoms with Gasteiger partial charge >= 0.3 is 0 Å². The Balaban J connectivity index is 0.844. The Morgan fingerprint density at radius 3 is 1.47 bits per heavy atom. The monoisotopic (exact) mass is 1000 g/mol. The van der Waals surface area contributed by atoms with E-state index in [0.29, 0.717) is 0 Å². The first-order valence-corrected chi connectivity index (χ1v) is 27.3. The lowest BCUT2D eigenvalue weighted by Crippen LogP contribution is -2.27. The van der Waals surface area contributed by atoms with Crippen molar-refractivity contribution in [3.63, 3.8) is 0 Å². The smallest absolute Gasteiger partial charge is 0.0541 e. The maximum atomic E-state index is 4.83. The fourth-order valence-corrected chi connectivity index (χ4v) is 12.8. The second kappa shape index (κ2) is 18.8. The molecule has 0 fully saturated rings. The number of rotatable bonds is 8. The molecule has 0 aliphatic rings. The molecule has 0 aliphatic heterocycles. The first-order chi connectivity index (χ1) is 39.1. The Kier molecular flexibility index (Phi) is 10.9. The second-order valence-corrected chi connectivity index (χ2v) is 20.9. The van der Waals surface area contributed by atoms with Gasteiger partial charge in [0.25, 0.3) is 0 Å². The third kappa shape index (κ3) is 7.56. The maximum absolute atomic E-state index is 4.83. The summed E-state index contributed by atoms with van der Waals surface area (Å²) in [5.41, 5.74) is 17.9. The summed E-state index contributed by atoms with van der Waals surface area (Å²) in [7, 11) is 0. The second-order valence-electron chi connectivity index (χ2n) is 20.9. The van der Waals surface area contributed by atoms with E-state index in [1.807, 2.05) is 0 Å². The Hall–Kier alpha value is -10.3. The highest BCUT2D eigenvalue weighted by Gasteiger charge is 2.21. The van der Waals surface area contributed by atoms with Gasteiger partial charge in [-0.05, 0) is 166 Å². The SMILES string of the molecule is C=c1/c(=C\C=C(/C)c2cccc3c(-c4c5ccccc5c(-c5cccc6ccccc56)c5ccccc45)cccc23)n(-c2ccccc2)c2ccc(-c3ccc4c(c3)c3ccccc3n4-c3ccc(-c4ccccc4)cc3)cc12. The number of nitrogens with zero attached hydrogens (tertiary/aromatic N) is 2. The molecule has 0 spiro atoms. The van der Waals surface area contributed by atoms with Crippen LogP contribution in [-0.4, -0.2) is 9.13 Å². The van der Waals surface area contributed by atoms with Crippen molar-refractivity contribution >= 4 is 94.0 Å². The van der Waals surface area contributed by atoms with Gasteiger partial charge in [-0.1, -0.05) is 231 Å². The number of hydrogen-bond donors (Lipinski definition) is 0. The Labute approximate surface area is 458 Å². The average molecular weight is 1010 g/mol. The van der Waals surface area contributed by atoms with E-state index in [1.165, 1.54) is 115 Å². The number of fused-ring (bicyclic) bond motifs is 8. The highest BCUT2D eigenvalue weighted by Crippen LogP contribution is 2.47. The van der Waals surface area contributed by atoms with Gasteiger partial charge in [-0.3, -0.25) is 0 Å². The first kappa shape index (κ1) is 46.1. The van der Waals surface area contributed by atoms with Crippen LogP contribution >= 0.6 is 0 Å². The van der Waals surface area contributed by atoms with Crippen LogP contribution in [0.25, 0.3) is 150 Å². The molecule has 0 saturated carbocycles. The van der Waals surface area contributed by atoms with Crippen molar-refractivity contribution in [2.24, 2.45) is 0 Å². The predicted molar refractivity (Wildman–Crippen MR) is 339 cm³/mol. The Morgan fingerprint density at radius 2 is 0.785 bits per heavy atom. The molecule has 0 saturated heterocycles. The van der Waals surface area contributed by atoms with Crippen molar-refractivity contribution in [2.75, 3.05) is 0 Å². The average Bonchev–Trinajstić information content (AvgIpc) is 4.10. The topological polar surface area (TPSA) is 9.86 Å². The minimum atomic E-state index is 0.993. The van der Waals surface area contributed by atoms with Crippen molar-refractivity contribution in [3.05, 3.63) is 295 Å². The largest absolute Gasteiger partial charge is 0.309 e. The third-order valence-corrected chi connectivity index (χ3v) is 16.5. The highest BCUT2D eigenvalue weighted by atomic mass is 15.0. The number of aromatic nitrogens is 2. The molecule has 2 aromatic heterocycles. The van der Waals surface area contributed by atoms with Gasteiger partial charge in [-0.15, -0.1) is 0 Å². The van der Waals surface area contributed by atoms with Crippen LogP contribution in [0.2, 0.25) is 0 Å². The van der Waals surface area contributed by atoms with Crippen LogP contribution in [0.3, 0.4) is 0 Å². The van der Waals surface area contributed by atoms with Crippen molar-refractivity contribution in [2.45, 2.75) is 6.92 Å².